The number of amides is 1. The SMILES string of the molecule is CC(C)CNC(=O)CN1CCN(c2ccc(Cl)cc2)CC1. The third kappa shape index (κ3) is 5.21. The Hall–Kier alpha value is -1.26. The van der Waals surface area contributed by atoms with Crippen LogP contribution in [0.4, 0.5) is 5.69 Å². The van der Waals surface area contributed by atoms with Gasteiger partial charge in [0, 0.05) is 43.4 Å². The molecule has 21 heavy (non-hydrogen) atoms. The molecule has 1 aliphatic heterocycles. The molecule has 0 radical (unpaired) electrons. The molecule has 0 bridgehead atoms. The smallest absolute Gasteiger partial charge is 0.234 e. The molecule has 1 heterocycles. The summed E-state index contributed by atoms with van der Waals surface area (Å²) in [7, 11) is 0. The van der Waals surface area contributed by atoms with E-state index in [4.69, 9.17) is 11.6 Å². The molecule has 0 atom stereocenters. The van der Waals surface area contributed by atoms with Crippen molar-refractivity contribution in [2.75, 3.05) is 44.2 Å². The summed E-state index contributed by atoms with van der Waals surface area (Å²) in [5.41, 5.74) is 1.20. The second-order valence-electron chi connectivity index (χ2n) is 5.94. The molecule has 0 aromatic heterocycles. The quantitative estimate of drug-likeness (QED) is 0.906. The minimum atomic E-state index is 0.128. The fourth-order valence-corrected chi connectivity index (χ4v) is 2.52. The summed E-state index contributed by atoms with van der Waals surface area (Å²) in [5.74, 6) is 0.624. The topological polar surface area (TPSA) is 35.6 Å². The van der Waals surface area contributed by atoms with Crippen molar-refractivity contribution in [1.82, 2.24) is 10.2 Å². The Bertz CT molecular complexity index is 453. The second kappa shape index (κ2) is 7.66. The summed E-state index contributed by atoms with van der Waals surface area (Å²) in [4.78, 5) is 16.4. The number of piperazine rings is 1. The van der Waals surface area contributed by atoms with Gasteiger partial charge < -0.3 is 10.2 Å². The lowest BCUT2D eigenvalue weighted by molar-refractivity contribution is -0.122. The number of halogens is 1. The number of nitrogens with zero attached hydrogens (tertiary/aromatic N) is 2. The number of hydrogen-bond donors (Lipinski definition) is 1. The molecule has 0 aliphatic carbocycles. The summed E-state index contributed by atoms with van der Waals surface area (Å²) >= 11 is 5.91. The number of carbonyl (C=O) groups excluding carboxylic acids is 1. The van der Waals surface area contributed by atoms with Gasteiger partial charge in [0.05, 0.1) is 6.54 Å². The van der Waals surface area contributed by atoms with Gasteiger partial charge >= 0.3 is 0 Å². The Kier molecular flexibility index (Phi) is 5.88. The van der Waals surface area contributed by atoms with Crippen molar-refractivity contribution in [2.45, 2.75) is 13.8 Å². The number of carbonyl (C=O) groups is 1. The molecular weight excluding hydrogens is 286 g/mol. The Morgan fingerprint density at radius 2 is 1.81 bits per heavy atom. The average Bonchev–Trinajstić information content (AvgIpc) is 2.47. The van der Waals surface area contributed by atoms with E-state index in [-0.39, 0.29) is 5.91 Å². The van der Waals surface area contributed by atoms with Crippen molar-refractivity contribution >= 4 is 23.2 Å². The van der Waals surface area contributed by atoms with E-state index in [2.05, 4.69) is 29.0 Å². The molecule has 116 valence electrons. The Morgan fingerprint density at radius 3 is 2.38 bits per heavy atom. The maximum absolute atomic E-state index is 11.8. The summed E-state index contributed by atoms with van der Waals surface area (Å²) in [6.07, 6.45) is 0. The van der Waals surface area contributed by atoms with E-state index in [1.54, 1.807) is 0 Å². The van der Waals surface area contributed by atoms with E-state index in [1.807, 2.05) is 24.3 Å². The highest BCUT2D eigenvalue weighted by molar-refractivity contribution is 6.30. The van der Waals surface area contributed by atoms with Gasteiger partial charge in [0.2, 0.25) is 5.91 Å². The van der Waals surface area contributed by atoms with E-state index >= 15 is 0 Å². The van der Waals surface area contributed by atoms with Gasteiger partial charge in [-0.15, -0.1) is 0 Å². The minimum Gasteiger partial charge on any atom is -0.369 e. The van der Waals surface area contributed by atoms with Crippen LogP contribution in [0.2, 0.25) is 5.02 Å². The van der Waals surface area contributed by atoms with Crippen LogP contribution in [0.25, 0.3) is 0 Å². The lowest BCUT2D eigenvalue weighted by Gasteiger charge is -2.35. The summed E-state index contributed by atoms with van der Waals surface area (Å²) in [5, 5.41) is 3.73. The van der Waals surface area contributed by atoms with Gasteiger partial charge in [0.25, 0.3) is 0 Å². The second-order valence-corrected chi connectivity index (χ2v) is 6.37. The maximum Gasteiger partial charge on any atom is 0.234 e. The number of rotatable bonds is 5. The van der Waals surface area contributed by atoms with Crippen molar-refractivity contribution in [3.63, 3.8) is 0 Å². The fourth-order valence-electron chi connectivity index (χ4n) is 2.39. The van der Waals surface area contributed by atoms with Gasteiger partial charge in [-0.2, -0.15) is 0 Å². The fraction of sp³-hybridized carbons (Fsp3) is 0.562. The summed E-state index contributed by atoms with van der Waals surface area (Å²) in [6.45, 7) is 9.18. The number of hydrogen-bond acceptors (Lipinski definition) is 3. The molecular formula is C16H24ClN3O. The normalized spacial score (nSPS) is 16.3. The molecule has 0 unspecified atom stereocenters. The third-order valence-electron chi connectivity index (χ3n) is 3.64. The van der Waals surface area contributed by atoms with Crippen molar-refractivity contribution in [2.24, 2.45) is 5.92 Å². The van der Waals surface area contributed by atoms with Gasteiger partial charge in [-0.05, 0) is 30.2 Å². The first kappa shape index (κ1) is 16.1. The van der Waals surface area contributed by atoms with Crippen LogP contribution in [0.5, 0.6) is 0 Å². The molecule has 1 N–H and O–H groups in total. The number of benzene rings is 1. The van der Waals surface area contributed by atoms with Crippen molar-refractivity contribution in [1.29, 1.82) is 0 Å². The van der Waals surface area contributed by atoms with Gasteiger partial charge in [0.15, 0.2) is 0 Å². The van der Waals surface area contributed by atoms with Crippen molar-refractivity contribution in [3.05, 3.63) is 29.3 Å². The lowest BCUT2D eigenvalue weighted by atomic mass is 10.2. The molecule has 5 heteroatoms. The van der Waals surface area contributed by atoms with Crippen LogP contribution in [-0.4, -0.2) is 50.1 Å². The van der Waals surface area contributed by atoms with E-state index in [0.29, 0.717) is 12.5 Å². The van der Waals surface area contributed by atoms with Crippen molar-refractivity contribution in [3.8, 4) is 0 Å². The van der Waals surface area contributed by atoms with E-state index in [9.17, 15) is 4.79 Å². The van der Waals surface area contributed by atoms with Gasteiger partial charge in [-0.1, -0.05) is 25.4 Å². The van der Waals surface area contributed by atoms with Crippen LogP contribution in [0, 0.1) is 5.92 Å². The monoisotopic (exact) mass is 309 g/mol. The highest BCUT2D eigenvalue weighted by Gasteiger charge is 2.19. The van der Waals surface area contributed by atoms with Gasteiger partial charge in [-0.3, -0.25) is 9.69 Å². The highest BCUT2D eigenvalue weighted by atomic mass is 35.5. The Labute approximate surface area is 132 Å². The van der Waals surface area contributed by atoms with Crippen LogP contribution in [0.1, 0.15) is 13.8 Å². The molecule has 1 aromatic rings. The molecule has 1 aromatic carbocycles. The average molecular weight is 310 g/mol. The van der Waals surface area contributed by atoms with Gasteiger partial charge in [-0.25, -0.2) is 0 Å². The molecule has 2 rings (SSSR count). The van der Waals surface area contributed by atoms with E-state index < -0.39 is 0 Å². The third-order valence-corrected chi connectivity index (χ3v) is 3.89. The molecule has 0 saturated carbocycles. The number of anilines is 1. The summed E-state index contributed by atoms with van der Waals surface area (Å²) in [6, 6.07) is 7.94. The van der Waals surface area contributed by atoms with Crippen LogP contribution in [-0.2, 0) is 4.79 Å². The zero-order valence-electron chi connectivity index (χ0n) is 12.8. The largest absolute Gasteiger partial charge is 0.369 e. The van der Waals surface area contributed by atoms with E-state index in [1.165, 1.54) is 5.69 Å². The number of nitrogens with one attached hydrogen (secondary N) is 1. The predicted molar refractivity (Wildman–Crippen MR) is 88.0 cm³/mol. The molecule has 0 spiro atoms. The molecule has 4 nitrogen and oxygen atoms in total. The van der Waals surface area contributed by atoms with Crippen LogP contribution < -0.4 is 10.2 Å². The Morgan fingerprint density at radius 1 is 1.19 bits per heavy atom. The maximum atomic E-state index is 11.8. The molecule has 1 saturated heterocycles. The standard InChI is InChI=1S/C16H24ClN3O/c1-13(2)11-18-16(21)12-19-7-9-20(10-8-19)15-5-3-14(17)4-6-15/h3-6,13H,7-12H2,1-2H3,(H,18,21). The first-order valence-electron chi connectivity index (χ1n) is 7.54. The Balaban J connectivity index is 1.75. The van der Waals surface area contributed by atoms with Crippen LogP contribution >= 0.6 is 11.6 Å². The minimum absolute atomic E-state index is 0.128. The van der Waals surface area contributed by atoms with Crippen LogP contribution in [0.3, 0.4) is 0 Å². The zero-order chi connectivity index (χ0) is 15.2. The predicted octanol–water partition coefficient (Wildman–Crippen LogP) is 2.23. The molecule has 1 amide bonds. The van der Waals surface area contributed by atoms with Gasteiger partial charge in [0.1, 0.15) is 0 Å². The first-order valence-corrected chi connectivity index (χ1v) is 7.92. The van der Waals surface area contributed by atoms with Crippen LogP contribution in [0.15, 0.2) is 24.3 Å². The van der Waals surface area contributed by atoms with E-state index in [0.717, 1.165) is 37.7 Å². The molecule has 1 fully saturated rings. The zero-order valence-corrected chi connectivity index (χ0v) is 13.6. The van der Waals surface area contributed by atoms with Crippen molar-refractivity contribution < 1.29 is 4.79 Å². The molecule has 1 aliphatic rings. The highest BCUT2D eigenvalue weighted by Crippen LogP contribution is 2.19. The first-order chi connectivity index (χ1) is 10.0. The summed E-state index contributed by atoms with van der Waals surface area (Å²) < 4.78 is 0. The lowest BCUT2D eigenvalue weighted by Crippen LogP contribution is -2.49.